The fraction of sp³-hybridized carbons (Fsp3) is 0.550. The van der Waals surface area contributed by atoms with Gasteiger partial charge in [0.05, 0.1) is 0 Å². The number of urea groups is 1. The van der Waals surface area contributed by atoms with E-state index in [9.17, 15) is 18.8 Å². The van der Waals surface area contributed by atoms with Crippen molar-refractivity contribution in [1.29, 1.82) is 0 Å². The minimum atomic E-state index is -1.26. The average molecular weight is 375 g/mol. The lowest BCUT2D eigenvalue weighted by molar-refractivity contribution is -0.135. The number of nitrogens with zero attached hydrogens (tertiary/aromatic N) is 1. The highest BCUT2D eigenvalue weighted by molar-refractivity contribution is 6.09. The molecule has 0 unspecified atom stereocenters. The average Bonchev–Trinajstić information content (AvgIpc) is 2.89. The van der Waals surface area contributed by atoms with Crippen molar-refractivity contribution in [3.63, 3.8) is 0 Å². The molecule has 4 amide bonds. The lowest BCUT2D eigenvalue weighted by Gasteiger charge is -2.28. The number of benzene rings is 1. The molecule has 6 nitrogen and oxygen atoms in total. The molecule has 1 aromatic carbocycles. The van der Waals surface area contributed by atoms with Gasteiger partial charge in [-0.2, -0.15) is 0 Å². The highest BCUT2D eigenvalue weighted by Crippen LogP contribution is 2.32. The number of halogens is 1. The fourth-order valence-electron chi connectivity index (χ4n) is 3.96. The van der Waals surface area contributed by atoms with Gasteiger partial charge in [-0.25, -0.2) is 9.18 Å². The first-order valence-corrected chi connectivity index (χ1v) is 9.55. The Kier molecular flexibility index (Phi) is 5.48. The number of rotatable bonds is 5. The van der Waals surface area contributed by atoms with Crippen LogP contribution in [0.4, 0.5) is 9.18 Å². The SMILES string of the molecule is CC[C@]1(c2ccc(F)cc2)NC(=O)N(CC(=O)NC2CCC(C)CC2)C1=O. The van der Waals surface area contributed by atoms with Gasteiger partial charge in [0.2, 0.25) is 5.91 Å². The third kappa shape index (κ3) is 3.82. The Balaban J connectivity index is 1.69. The van der Waals surface area contributed by atoms with Crippen molar-refractivity contribution < 1.29 is 18.8 Å². The van der Waals surface area contributed by atoms with E-state index in [1.807, 2.05) is 0 Å². The Morgan fingerprint density at radius 2 is 1.85 bits per heavy atom. The molecule has 0 bridgehead atoms. The van der Waals surface area contributed by atoms with Crippen LogP contribution < -0.4 is 10.6 Å². The van der Waals surface area contributed by atoms with E-state index < -0.39 is 23.3 Å². The molecule has 0 radical (unpaired) electrons. The molecule has 2 N–H and O–H groups in total. The van der Waals surface area contributed by atoms with Crippen LogP contribution in [-0.4, -0.2) is 35.3 Å². The number of carbonyl (C=O) groups is 3. The number of hydrogen-bond donors (Lipinski definition) is 2. The molecular weight excluding hydrogens is 349 g/mol. The van der Waals surface area contributed by atoms with Gasteiger partial charge >= 0.3 is 6.03 Å². The van der Waals surface area contributed by atoms with Gasteiger partial charge in [-0.15, -0.1) is 0 Å². The molecule has 27 heavy (non-hydrogen) atoms. The first-order chi connectivity index (χ1) is 12.9. The molecule has 1 aromatic rings. The second-order valence-corrected chi connectivity index (χ2v) is 7.61. The second-order valence-electron chi connectivity index (χ2n) is 7.61. The van der Waals surface area contributed by atoms with Crippen LogP contribution in [-0.2, 0) is 15.1 Å². The van der Waals surface area contributed by atoms with Gasteiger partial charge in [0.25, 0.3) is 5.91 Å². The number of carbonyl (C=O) groups excluding carboxylic acids is 3. The van der Waals surface area contributed by atoms with Crippen LogP contribution in [0.15, 0.2) is 24.3 Å². The van der Waals surface area contributed by atoms with Gasteiger partial charge in [-0.05, 0) is 55.7 Å². The maximum absolute atomic E-state index is 13.2. The summed E-state index contributed by atoms with van der Waals surface area (Å²) in [6, 6.07) is 4.99. The largest absolute Gasteiger partial charge is 0.352 e. The van der Waals surface area contributed by atoms with E-state index in [0.717, 1.165) is 30.6 Å². The van der Waals surface area contributed by atoms with Crippen molar-refractivity contribution in [2.24, 2.45) is 5.92 Å². The monoisotopic (exact) mass is 375 g/mol. The molecule has 1 saturated heterocycles. The molecule has 2 aliphatic rings. The van der Waals surface area contributed by atoms with Gasteiger partial charge in [-0.1, -0.05) is 26.0 Å². The molecular formula is C20H26FN3O3. The Hall–Kier alpha value is -2.44. The summed E-state index contributed by atoms with van der Waals surface area (Å²) >= 11 is 0. The number of nitrogens with one attached hydrogen (secondary N) is 2. The standard InChI is InChI=1S/C20H26FN3O3/c1-3-20(14-6-8-15(21)9-7-14)18(26)24(19(27)23-20)12-17(25)22-16-10-4-13(2)5-11-16/h6-9,13,16H,3-5,10-12H2,1-2H3,(H,22,25)(H,23,27)/t13?,16?,20-/m1/s1. The third-order valence-electron chi connectivity index (χ3n) is 5.73. The number of hydrogen-bond acceptors (Lipinski definition) is 3. The van der Waals surface area contributed by atoms with Crippen LogP contribution in [0.5, 0.6) is 0 Å². The van der Waals surface area contributed by atoms with E-state index in [-0.39, 0.29) is 18.5 Å². The molecule has 1 aliphatic heterocycles. The van der Waals surface area contributed by atoms with E-state index in [1.165, 1.54) is 24.3 Å². The second kappa shape index (κ2) is 7.66. The Labute approximate surface area is 158 Å². The summed E-state index contributed by atoms with van der Waals surface area (Å²) in [5.74, 6) is -0.553. The van der Waals surface area contributed by atoms with Crippen LogP contribution in [0.1, 0.15) is 51.5 Å². The molecule has 146 valence electrons. The highest BCUT2D eigenvalue weighted by Gasteiger charge is 2.51. The van der Waals surface area contributed by atoms with Gasteiger partial charge in [0.15, 0.2) is 0 Å². The minimum Gasteiger partial charge on any atom is -0.352 e. The van der Waals surface area contributed by atoms with Crippen molar-refractivity contribution >= 4 is 17.8 Å². The zero-order valence-corrected chi connectivity index (χ0v) is 15.8. The summed E-state index contributed by atoms with van der Waals surface area (Å²) in [4.78, 5) is 38.7. The molecule has 0 aromatic heterocycles. The lowest BCUT2D eigenvalue weighted by Crippen LogP contribution is -2.46. The first kappa shape index (κ1) is 19.3. The topological polar surface area (TPSA) is 78.5 Å². The van der Waals surface area contributed by atoms with Crippen molar-refractivity contribution in [3.05, 3.63) is 35.6 Å². The van der Waals surface area contributed by atoms with Crippen molar-refractivity contribution in [2.75, 3.05) is 6.54 Å². The zero-order chi connectivity index (χ0) is 19.6. The van der Waals surface area contributed by atoms with Crippen LogP contribution in [0.3, 0.4) is 0 Å². The minimum absolute atomic E-state index is 0.0995. The molecule has 7 heteroatoms. The fourth-order valence-corrected chi connectivity index (χ4v) is 3.96. The van der Waals surface area contributed by atoms with Crippen LogP contribution >= 0.6 is 0 Å². The maximum Gasteiger partial charge on any atom is 0.325 e. The Morgan fingerprint density at radius 3 is 2.44 bits per heavy atom. The normalized spacial score (nSPS) is 28.2. The molecule has 1 atom stereocenters. The quantitative estimate of drug-likeness (QED) is 0.777. The summed E-state index contributed by atoms with van der Waals surface area (Å²) in [7, 11) is 0. The summed E-state index contributed by atoms with van der Waals surface area (Å²) in [5.41, 5.74) is -0.750. The van der Waals surface area contributed by atoms with Gasteiger partial charge in [-0.3, -0.25) is 14.5 Å². The molecule has 1 saturated carbocycles. The Bertz CT molecular complexity index is 728. The Morgan fingerprint density at radius 1 is 1.22 bits per heavy atom. The lowest BCUT2D eigenvalue weighted by atomic mass is 9.87. The van der Waals surface area contributed by atoms with Gasteiger partial charge < -0.3 is 10.6 Å². The van der Waals surface area contributed by atoms with Crippen LogP contribution in [0.2, 0.25) is 0 Å². The number of amides is 4. The molecule has 1 heterocycles. The van der Waals surface area contributed by atoms with Gasteiger partial charge in [0, 0.05) is 6.04 Å². The molecule has 3 rings (SSSR count). The van der Waals surface area contributed by atoms with Crippen molar-refractivity contribution in [1.82, 2.24) is 15.5 Å². The smallest absolute Gasteiger partial charge is 0.325 e. The van der Waals surface area contributed by atoms with E-state index >= 15 is 0 Å². The van der Waals surface area contributed by atoms with E-state index in [4.69, 9.17) is 0 Å². The summed E-state index contributed by atoms with van der Waals surface area (Å²) in [5, 5.41) is 5.64. The van der Waals surface area contributed by atoms with E-state index in [2.05, 4.69) is 17.6 Å². The molecule has 0 spiro atoms. The summed E-state index contributed by atoms with van der Waals surface area (Å²) in [6.07, 6.45) is 4.28. The number of imide groups is 1. The van der Waals surface area contributed by atoms with Crippen LogP contribution in [0, 0.1) is 11.7 Å². The van der Waals surface area contributed by atoms with E-state index in [0.29, 0.717) is 17.9 Å². The van der Waals surface area contributed by atoms with Crippen molar-refractivity contribution in [3.8, 4) is 0 Å². The molecule has 1 aliphatic carbocycles. The predicted octanol–water partition coefficient (Wildman–Crippen LogP) is 2.68. The van der Waals surface area contributed by atoms with Crippen LogP contribution in [0.25, 0.3) is 0 Å². The first-order valence-electron chi connectivity index (χ1n) is 9.55. The molecule has 2 fully saturated rings. The highest BCUT2D eigenvalue weighted by atomic mass is 19.1. The predicted molar refractivity (Wildman–Crippen MR) is 98.2 cm³/mol. The zero-order valence-electron chi connectivity index (χ0n) is 15.8. The summed E-state index contributed by atoms with van der Waals surface area (Å²) in [6.45, 7) is 3.67. The van der Waals surface area contributed by atoms with Crippen molar-refractivity contribution in [2.45, 2.75) is 57.5 Å². The van der Waals surface area contributed by atoms with Gasteiger partial charge in [0.1, 0.15) is 17.9 Å². The third-order valence-corrected chi connectivity index (χ3v) is 5.73. The summed E-state index contributed by atoms with van der Waals surface area (Å²) < 4.78 is 13.2. The van der Waals surface area contributed by atoms with E-state index in [1.54, 1.807) is 6.92 Å². The maximum atomic E-state index is 13.2.